The minimum atomic E-state index is -4.50. The van der Waals surface area contributed by atoms with E-state index < -0.39 is 12.0 Å². The summed E-state index contributed by atoms with van der Waals surface area (Å²) in [5, 5.41) is 8.70. The molecule has 0 aliphatic carbocycles. The summed E-state index contributed by atoms with van der Waals surface area (Å²) in [6, 6.07) is 4.56. The van der Waals surface area contributed by atoms with Gasteiger partial charge in [0.05, 0.1) is 11.0 Å². The van der Waals surface area contributed by atoms with Gasteiger partial charge in [0.15, 0.2) is 0 Å². The Hall–Kier alpha value is -1.76. The molecule has 0 radical (unpaired) electrons. The van der Waals surface area contributed by atoms with Gasteiger partial charge in [-0.1, -0.05) is 0 Å². The van der Waals surface area contributed by atoms with Gasteiger partial charge in [-0.2, -0.15) is 13.2 Å². The summed E-state index contributed by atoms with van der Waals surface area (Å²) in [6.45, 7) is 0.266. The van der Waals surface area contributed by atoms with Crippen molar-refractivity contribution in [3.63, 3.8) is 0 Å². The van der Waals surface area contributed by atoms with Gasteiger partial charge in [-0.25, -0.2) is 4.98 Å². The number of imidazole rings is 1. The first-order valence-corrected chi connectivity index (χ1v) is 6.37. The molecule has 0 aliphatic heterocycles. The summed E-state index contributed by atoms with van der Waals surface area (Å²) in [5.74, 6) is -0.901. The van der Waals surface area contributed by atoms with Crippen molar-refractivity contribution in [2.75, 3.05) is 12.3 Å². The number of benzene rings is 1. The van der Waals surface area contributed by atoms with Gasteiger partial charge < -0.3 is 15.4 Å². The van der Waals surface area contributed by atoms with Crippen molar-refractivity contribution in [2.45, 2.75) is 32.0 Å². The Balaban J connectivity index is 2.37. The van der Waals surface area contributed by atoms with E-state index in [4.69, 9.17) is 10.8 Å². The zero-order valence-corrected chi connectivity index (χ0v) is 10.8. The molecule has 4 nitrogen and oxygen atoms in total. The predicted octanol–water partition coefficient (Wildman–Crippen LogP) is 2.80. The average Bonchev–Trinajstić information content (AvgIpc) is 2.72. The molecule has 0 fully saturated rings. The lowest BCUT2D eigenvalue weighted by Crippen LogP contribution is -2.15. The molecule has 2 aromatic rings. The Morgan fingerprint density at radius 1 is 1.20 bits per heavy atom. The van der Waals surface area contributed by atoms with Crippen LogP contribution in [0.3, 0.4) is 0 Å². The molecule has 0 bridgehead atoms. The second-order valence-electron chi connectivity index (χ2n) is 4.62. The summed E-state index contributed by atoms with van der Waals surface area (Å²) in [4.78, 5) is 3.65. The van der Waals surface area contributed by atoms with Crippen molar-refractivity contribution in [3.8, 4) is 0 Å². The predicted molar refractivity (Wildman–Crippen MR) is 70.1 cm³/mol. The quantitative estimate of drug-likeness (QED) is 0.656. The molecule has 0 saturated carbocycles. The molecule has 2 rings (SSSR count). The summed E-state index contributed by atoms with van der Waals surface area (Å²) in [6.07, 6.45) is -2.69. The number of aromatic nitrogens is 2. The summed E-state index contributed by atoms with van der Waals surface area (Å²) < 4.78 is 40.2. The molecule has 7 heteroatoms. The van der Waals surface area contributed by atoms with E-state index in [1.165, 1.54) is 10.6 Å². The number of alkyl halides is 3. The van der Waals surface area contributed by atoms with E-state index in [0.29, 0.717) is 30.5 Å². The zero-order chi connectivity index (χ0) is 14.8. The number of nitrogens with zero attached hydrogens (tertiary/aromatic N) is 2. The van der Waals surface area contributed by atoms with E-state index in [-0.39, 0.29) is 18.7 Å². The van der Waals surface area contributed by atoms with Crippen molar-refractivity contribution in [1.29, 1.82) is 0 Å². The smallest absolute Gasteiger partial charge is 0.399 e. The Labute approximate surface area is 114 Å². The Morgan fingerprint density at radius 3 is 2.60 bits per heavy atom. The molecule has 3 N–H and O–H groups in total. The highest BCUT2D eigenvalue weighted by molar-refractivity contribution is 5.79. The number of rotatable bonds is 5. The fraction of sp³-hybridized carbons (Fsp3) is 0.462. The normalized spacial score (nSPS) is 12.2. The fourth-order valence-electron chi connectivity index (χ4n) is 2.15. The SMILES string of the molecule is Nc1ccc2c(c1)nc(C(F)(F)F)n2CCCCCO. The maximum Gasteiger partial charge on any atom is 0.449 e. The number of aliphatic hydroxyl groups excluding tert-OH is 1. The Morgan fingerprint density at radius 2 is 1.95 bits per heavy atom. The van der Waals surface area contributed by atoms with Crippen LogP contribution >= 0.6 is 0 Å². The van der Waals surface area contributed by atoms with Crippen LogP contribution in [-0.2, 0) is 12.7 Å². The first kappa shape index (κ1) is 14.6. The van der Waals surface area contributed by atoms with E-state index in [1.807, 2.05) is 0 Å². The minimum Gasteiger partial charge on any atom is -0.399 e. The number of halogens is 3. The van der Waals surface area contributed by atoms with E-state index in [9.17, 15) is 13.2 Å². The number of fused-ring (bicyclic) bond motifs is 1. The largest absolute Gasteiger partial charge is 0.449 e. The summed E-state index contributed by atoms with van der Waals surface area (Å²) >= 11 is 0. The van der Waals surface area contributed by atoms with Gasteiger partial charge >= 0.3 is 6.18 Å². The maximum atomic E-state index is 13.0. The van der Waals surface area contributed by atoms with Crippen LogP contribution in [-0.4, -0.2) is 21.3 Å². The van der Waals surface area contributed by atoms with E-state index in [0.717, 1.165) is 0 Å². The third-order valence-corrected chi connectivity index (χ3v) is 3.07. The highest BCUT2D eigenvalue weighted by atomic mass is 19.4. The highest BCUT2D eigenvalue weighted by Gasteiger charge is 2.37. The van der Waals surface area contributed by atoms with Gasteiger partial charge in [-0.3, -0.25) is 0 Å². The molecular formula is C13H16F3N3O. The van der Waals surface area contributed by atoms with Crippen LogP contribution in [0.4, 0.5) is 18.9 Å². The second kappa shape index (κ2) is 5.70. The summed E-state index contributed by atoms with van der Waals surface area (Å²) in [5.41, 5.74) is 6.63. The monoisotopic (exact) mass is 287 g/mol. The van der Waals surface area contributed by atoms with Crippen LogP contribution in [0.5, 0.6) is 0 Å². The average molecular weight is 287 g/mol. The molecule has 1 aromatic carbocycles. The van der Waals surface area contributed by atoms with Crippen molar-refractivity contribution in [2.24, 2.45) is 0 Å². The Kier molecular flexibility index (Phi) is 4.17. The van der Waals surface area contributed by atoms with E-state index >= 15 is 0 Å². The zero-order valence-electron chi connectivity index (χ0n) is 10.8. The number of aryl methyl sites for hydroxylation is 1. The van der Waals surface area contributed by atoms with Gasteiger partial charge in [0.25, 0.3) is 0 Å². The first-order chi connectivity index (χ1) is 9.43. The molecule has 0 atom stereocenters. The van der Waals surface area contributed by atoms with Crippen LogP contribution in [0.25, 0.3) is 11.0 Å². The molecule has 0 aliphatic rings. The van der Waals surface area contributed by atoms with Crippen LogP contribution in [0.15, 0.2) is 18.2 Å². The van der Waals surface area contributed by atoms with Crippen LogP contribution in [0, 0.1) is 0 Å². The van der Waals surface area contributed by atoms with Crippen LogP contribution < -0.4 is 5.73 Å². The van der Waals surface area contributed by atoms with Crippen molar-refractivity contribution >= 4 is 16.7 Å². The van der Waals surface area contributed by atoms with Gasteiger partial charge in [-0.15, -0.1) is 0 Å². The number of aliphatic hydroxyl groups is 1. The number of nitrogen functional groups attached to an aromatic ring is 1. The summed E-state index contributed by atoms with van der Waals surface area (Å²) in [7, 11) is 0. The fourth-order valence-corrected chi connectivity index (χ4v) is 2.15. The van der Waals surface area contributed by atoms with Crippen molar-refractivity contribution < 1.29 is 18.3 Å². The van der Waals surface area contributed by atoms with Crippen LogP contribution in [0.1, 0.15) is 25.1 Å². The molecule has 0 saturated heterocycles. The first-order valence-electron chi connectivity index (χ1n) is 6.37. The highest BCUT2D eigenvalue weighted by Crippen LogP contribution is 2.32. The molecule has 0 amide bonds. The topological polar surface area (TPSA) is 64.1 Å². The molecule has 0 unspecified atom stereocenters. The van der Waals surface area contributed by atoms with Gasteiger partial charge in [0.2, 0.25) is 5.82 Å². The van der Waals surface area contributed by atoms with E-state index in [2.05, 4.69) is 4.98 Å². The maximum absolute atomic E-state index is 13.0. The van der Waals surface area contributed by atoms with Gasteiger partial charge in [0.1, 0.15) is 0 Å². The van der Waals surface area contributed by atoms with Crippen molar-refractivity contribution in [3.05, 3.63) is 24.0 Å². The molecule has 110 valence electrons. The number of hydrogen-bond acceptors (Lipinski definition) is 3. The third-order valence-electron chi connectivity index (χ3n) is 3.07. The lowest BCUT2D eigenvalue weighted by atomic mass is 10.2. The Bertz CT molecular complexity index is 592. The lowest BCUT2D eigenvalue weighted by Gasteiger charge is -2.11. The molecule has 1 aromatic heterocycles. The molecule has 0 spiro atoms. The molecule has 1 heterocycles. The van der Waals surface area contributed by atoms with Gasteiger partial charge in [-0.05, 0) is 37.5 Å². The number of anilines is 1. The third kappa shape index (κ3) is 3.04. The second-order valence-corrected chi connectivity index (χ2v) is 4.62. The molecular weight excluding hydrogens is 271 g/mol. The van der Waals surface area contributed by atoms with E-state index in [1.54, 1.807) is 12.1 Å². The van der Waals surface area contributed by atoms with Crippen LogP contribution in [0.2, 0.25) is 0 Å². The minimum absolute atomic E-state index is 0.0489. The number of unbranched alkanes of at least 4 members (excludes halogenated alkanes) is 2. The van der Waals surface area contributed by atoms with Crippen molar-refractivity contribution in [1.82, 2.24) is 9.55 Å². The number of nitrogens with two attached hydrogens (primary N) is 1. The molecule has 20 heavy (non-hydrogen) atoms. The standard InChI is InChI=1S/C13H16F3N3O/c14-13(15,16)12-18-10-8-9(17)4-5-11(10)19(12)6-2-1-3-7-20/h4-5,8,20H,1-3,6-7,17H2. The lowest BCUT2D eigenvalue weighted by molar-refractivity contribution is -0.147. The number of hydrogen-bond donors (Lipinski definition) is 2. The van der Waals surface area contributed by atoms with Gasteiger partial charge in [0, 0.05) is 18.8 Å².